The number of hydrogen-bond acceptors (Lipinski definition) is 2. The molecule has 0 saturated heterocycles. The quantitative estimate of drug-likeness (QED) is 0.538. The van der Waals surface area contributed by atoms with E-state index >= 15 is 0 Å². The lowest BCUT2D eigenvalue weighted by Crippen LogP contribution is -2.35. The molecule has 2 fully saturated rings. The molecule has 0 aromatic carbocycles. The van der Waals surface area contributed by atoms with Gasteiger partial charge in [0.1, 0.15) is 0 Å². The van der Waals surface area contributed by atoms with E-state index in [0.29, 0.717) is 12.8 Å². The van der Waals surface area contributed by atoms with Gasteiger partial charge < -0.3 is 11.5 Å². The number of alkyl halides is 2. The Bertz CT molecular complexity index is 165. The third-order valence-electron chi connectivity index (χ3n) is 3.07. The second-order valence-electron chi connectivity index (χ2n) is 3.69. The maximum Gasteiger partial charge on any atom is 0.256 e. The van der Waals surface area contributed by atoms with Gasteiger partial charge in [-0.3, -0.25) is 0 Å². The summed E-state index contributed by atoms with van der Waals surface area (Å²) in [6, 6.07) is -0.649. The molecule has 4 unspecified atom stereocenters. The number of rotatable bonds is 0. The summed E-state index contributed by atoms with van der Waals surface area (Å²) in [6.07, 6.45) is 0.803. The van der Waals surface area contributed by atoms with Crippen LogP contribution in [-0.4, -0.2) is 18.0 Å². The lowest BCUT2D eigenvalue weighted by atomic mass is 9.93. The number of fused-ring (bicyclic) bond motifs is 2. The summed E-state index contributed by atoms with van der Waals surface area (Å²) < 4.78 is 26.3. The van der Waals surface area contributed by atoms with Crippen molar-refractivity contribution in [1.82, 2.24) is 0 Å². The van der Waals surface area contributed by atoms with Crippen molar-refractivity contribution in [2.75, 3.05) is 0 Å². The van der Waals surface area contributed by atoms with Gasteiger partial charge in [-0.05, 0) is 12.8 Å². The fraction of sp³-hybridized carbons (Fsp3) is 1.00. The number of hydrogen-bond donors (Lipinski definition) is 2. The van der Waals surface area contributed by atoms with Gasteiger partial charge in [0.25, 0.3) is 5.92 Å². The second kappa shape index (κ2) is 1.93. The molecule has 4 N–H and O–H groups in total. The minimum atomic E-state index is -2.58. The van der Waals surface area contributed by atoms with Crippen LogP contribution in [0.5, 0.6) is 0 Å². The average molecular weight is 162 g/mol. The highest BCUT2D eigenvalue weighted by Gasteiger charge is 2.63. The van der Waals surface area contributed by atoms with Crippen LogP contribution in [0.4, 0.5) is 8.78 Å². The lowest BCUT2D eigenvalue weighted by Gasteiger charge is -2.19. The molecule has 2 rings (SSSR count). The van der Waals surface area contributed by atoms with Crippen LogP contribution >= 0.6 is 0 Å². The molecule has 4 atom stereocenters. The molecule has 11 heavy (non-hydrogen) atoms. The van der Waals surface area contributed by atoms with Gasteiger partial charge in [0.15, 0.2) is 0 Å². The van der Waals surface area contributed by atoms with Gasteiger partial charge in [-0.25, -0.2) is 8.78 Å². The zero-order chi connectivity index (χ0) is 8.22. The van der Waals surface area contributed by atoms with Gasteiger partial charge in [-0.2, -0.15) is 0 Å². The van der Waals surface area contributed by atoms with Crippen molar-refractivity contribution in [2.24, 2.45) is 23.3 Å². The lowest BCUT2D eigenvalue weighted by molar-refractivity contribution is -0.0477. The molecular formula is C7H12F2N2. The van der Waals surface area contributed by atoms with E-state index in [2.05, 4.69) is 0 Å². The Kier molecular flexibility index (Phi) is 1.30. The summed E-state index contributed by atoms with van der Waals surface area (Å²) in [5.74, 6) is -3.89. The van der Waals surface area contributed by atoms with E-state index in [-0.39, 0.29) is 12.1 Å². The Balaban J connectivity index is 2.28. The van der Waals surface area contributed by atoms with Crippen molar-refractivity contribution in [1.29, 1.82) is 0 Å². The third kappa shape index (κ3) is 0.767. The summed E-state index contributed by atoms with van der Waals surface area (Å²) >= 11 is 0. The van der Waals surface area contributed by atoms with Crippen LogP contribution in [0.2, 0.25) is 0 Å². The predicted octanol–water partition coefficient (Wildman–Crippen LogP) is 0.316. The Labute approximate surface area is 63.9 Å². The zero-order valence-electron chi connectivity index (χ0n) is 6.13. The van der Waals surface area contributed by atoms with E-state index in [4.69, 9.17) is 11.5 Å². The summed E-state index contributed by atoms with van der Waals surface area (Å²) in [4.78, 5) is 0. The van der Waals surface area contributed by atoms with E-state index in [9.17, 15) is 8.78 Å². The monoisotopic (exact) mass is 162 g/mol. The Morgan fingerprint density at radius 2 is 1.36 bits per heavy atom. The maximum absolute atomic E-state index is 13.1. The molecule has 0 spiro atoms. The third-order valence-corrected chi connectivity index (χ3v) is 3.07. The van der Waals surface area contributed by atoms with E-state index < -0.39 is 17.8 Å². The Morgan fingerprint density at radius 1 is 1.00 bits per heavy atom. The first-order chi connectivity index (χ1) is 5.03. The summed E-state index contributed by atoms with van der Waals surface area (Å²) in [5.41, 5.74) is 11.0. The summed E-state index contributed by atoms with van der Waals surface area (Å²) in [7, 11) is 0. The van der Waals surface area contributed by atoms with Crippen LogP contribution in [-0.2, 0) is 0 Å². The van der Waals surface area contributed by atoms with E-state index in [0.717, 1.165) is 0 Å². The largest absolute Gasteiger partial charge is 0.327 e. The zero-order valence-corrected chi connectivity index (χ0v) is 6.13. The molecule has 4 heteroatoms. The minimum absolute atomic E-state index is 0.324. The molecule has 2 nitrogen and oxygen atoms in total. The standard InChI is InChI=1S/C7H12F2N2/c8-7(9)3-1-5(10)4(7)2-6(3)11/h3-6H,1-2,10-11H2. The van der Waals surface area contributed by atoms with Crippen LogP contribution in [0.25, 0.3) is 0 Å². The summed E-state index contributed by atoms with van der Waals surface area (Å²) in [6.45, 7) is 0. The van der Waals surface area contributed by atoms with Gasteiger partial charge in [0.05, 0.1) is 0 Å². The molecule has 2 bridgehead atoms. The van der Waals surface area contributed by atoms with Gasteiger partial charge in [-0.15, -0.1) is 0 Å². The molecule has 2 aliphatic carbocycles. The van der Waals surface area contributed by atoms with Crippen molar-refractivity contribution < 1.29 is 8.78 Å². The van der Waals surface area contributed by atoms with Gasteiger partial charge in [-0.1, -0.05) is 0 Å². The van der Waals surface area contributed by atoms with Crippen LogP contribution in [0, 0.1) is 11.8 Å². The van der Waals surface area contributed by atoms with Crippen LogP contribution in [0.15, 0.2) is 0 Å². The normalized spacial score (nSPS) is 53.5. The molecule has 0 heterocycles. The second-order valence-corrected chi connectivity index (χ2v) is 3.69. The van der Waals surface area contributed by atoms with Gasteiger partial charge in [0, 0.05) is 23.9 Å². The first kappa shape index (κ1) is 7.43. The van der Waals surface area contributed by atoms with Crippen molar-refractivity contribution >= 4 is 0 Å². The Hall–Kier alpha value is -0.220. The molecule has 2 saturated carbocycles. The minimum Gasteiger partial charge on any atom is -0.327 e. The molecular weight excluding hydrogens is 150 g/mol. The molecule has 0 aromatic heterocycles. The fourth-order valence-corrected chi connectivity index (χ4v) is 2.42. The molecule has 64 valence electrons. The Morgan fingerprint density at radius 3 is 1.55 bits per heavy atom. The van der Waals surface area contributed by atoms with Crippen molar-refractivity contribution in [3.8, 4) is 0 Å². The van der Waals surface area contributed by atoms with Gasteiger partial charge >= 0.3 is 0 Å². The van der Waals surface area contributed by atoms with E-state index in [1.54, 1.807) is 0 Å². The molecule has 0 aliphatic heterocycles. The topological polar surface area (TPSA) is 52.0 Å². The number of halogens is 2. The van der Waals surface area contributed by atoms with Crippen molar-refractivity contribution in [2.45, 2.75) is 30.8 Å². The summed E-state index contributed by atoms with van der Waals surface area (Å²) in [5, 5.41) is 0. The highest BCUT2D eigenvalue weighted by atomic mass is 19.3. The predicted molar refractivity (Wildman–Crippen MR) is 37.1 cm³/mol. The first-order valence-electron chi connectivity index (χ1n) is 3.92. The van der Waals surface area contributed by atoms with Crippen LogP contribution in [0.3, 0.4) is 0 Å². The maximum atomic E-state index is 13.1. The van der Waals surface area contributed by atoms with E-state index in [1.165, 1.54) is 0 Å². The van der Waals surface area contributed by atoms with Gasteiger partial charge in [0.2, 0.25) is 0 Å². The smallest absolute Gasteiger partial charge is 0.256 e. The van der Waals surface area contributed by atoms with Crippen LogP contribution < -0.4 is 11.5 Å². The molecule has 2 aliphatic rings. The fourth-order valence-electron chi connectivity index (χ4n) is 2.42. The highest BCUT2D eigenvalue weighted by molar-refractivity contribution is 5.09. The average Bonchev–Trinajstić information content (AvgIpc) is 2.21. The molecule has 0 radical (unpaired) electrons. The molecule has 0 amide bonds. The highest BCUT2D eigenvalue weighted by Crippen LogP contribution is 2.54. The van der Waals surface area contributed by atoms with Crippen LogP contribution in [0.1, 0.15) is 12.8 Å². The molecule has 0 aromatic rings. The van der Waals surface area contributed by atoms with Crippen molar-refractivity contribution in [3.63, 3.8) is 0 Å². The SMILES string of the molecule is NC1CC2C(N)CC1C2(F)F. The van der Waals surface area contributed by atoms with Crippen molar-refractivity contribution in [3.05, 3.63) is 0 Å². The number of nitrogens with two attached hydrogens (primary N) is 2. The van der Waals surface area contributed by atoms with E-state index in [1.807, 2.05) is 0 Å². The first-order valence-corrected chi connectivity index (χ1v) is 3.92.